The van der Waals surface area contributed by atoms with Gasteiger partial charge in [-0.25, -0.2) is 0 Å². The minimum absolute atomic E-state index is 0.0540. The molecule has 0 aliphatic rings. The molecule has 0 unspecified atom stereocenters. The molecule has 31 heavy (non-hydrogen) atoms. The minimum atomic E-state index is -0.115. The maximum absolute atomic E-state index is 13.0. The van der Waals surface area contributed by atoms with E-state index in [9.17, 15) is 9.59 Å². The number of benzene rings is 2. The maximum Gasteiger partial charge on any atom is 0.262 e. The molecular weight excluding hydrogens is 410 g/mol. The van der Waals surface area contributed by atoms with Crippen molar-refractivity contribution in [2.75, 3.05) is 12.3 Å². The molecule has 0 N–H and O–H groups in total. The van der Waals surface area contributed by atoms with Gasteiger partial charge in [0.15, 0.2) is 5.16 Å². The van der Waals surface area contributed by atoms with Crippen LogP contribution in [0.4, 0.5) is 0 Å². The van der Waals surface area contributed by atoms with Crippen molar-refractivity contribution in [1.82, 2.24) is 24.1 Å². The summed E-state index contributed by atoms with van der Waals surface area (Å²) in [6.45, 7) is 5.41. The summed E-state index contributed by atoms with van der Waals surface area (Å²) in [6, 6.07) is 15.7. The largest absolute Gasteiger partial charge is 0.338 e. The Bertz CT molecular complexity index is 1290. The Morgan fingerprint density at radius 1 is 1.10 bits per heavy atom. The Labute approximate surface area is 184 Å². The molecular formula is C23H25N5O2S. The second kappa shape index (κ2) is 8.93. The van der Waals surface area contributed by atoms with Crippen molar-refractivity contribution in [3.8, 4) is 0 Å². The van der Waals surface area contributed by atoms with E-state index in [4.69, 9.17) is 0 Å². The lowest BCUT2D eigenvalue weighted by molar-refractivity contribution is -0.129. The molecule has 7 nitrogen and oxygen atoms in total. The van der Waals surface area contributed by atoms with Crippen LogP contribution in [0.1, 0.15) is 24.5 Å². The Kier molecular flexibility index (Phi) is 6.08. The lowest BCUT2D eigenvalue weighted by atomic mass is 10.1. The van der Waals surface area contributed by atoms with E-state index in [2.05, 4.69) is 48.3 Å². The van der Waals surface area contributed by atoms with Gasteiger partial charge in [-0.05, 0) is 31.0 Å². The molecule has 0 radical (unpaired) electrons. The van der Waals surface area contributed by atoms with E-state index in [1.807, 2.05) is 27.5 Å². The predicted octanol–water partition coefficient (Wildman–Crippen LogP) is 3.42. The number of amides is 1. The number of aryl methyl sites for hydroxylation is 2. The molecule has 160 valence electrons. The van der Waals surface area contributed by atoms with E-state index in [1.165, 1.54) is 21.9 Å². The molecule has 0 spiro atoms. The first-order chi connectivity index (χ1) is 15.0. The zero-order valence-corrected chi connectivity index (χ0v) is 18.7. The summed E-state index contributed by atoms with van der Waals surface area (Å²) in [4.78, 5) is 27.5. The lowest BCUT2D eigenvalue weighted by Crippen LogP contribution is -2.32. The monoisotopic (exact) mass is 435 g/mol. The fourth-order valence-corrected chi connectivity index (χ4v) is 4.44. The highest BCUT2D eigenvalue weighted by atomic mass is 32.2. The van der Waals surface area contributed by atoms with Crippen molar-refractivity contribution in [1.29, 1.82) is 0 Å². The van der Waals surface area contributed by atoms with Crippen LogP contribution < -0.4 is 5.56 Å². The molecule has 0 aliphatic carbocycles. The van der Waals surface area contributed by atoms with Gasteiger partial charge in [0.05, 0.1) is 16.7 Å². The maximum atomic E-state index is 13.0. The third kappa shape index (κ3) is 4.20. The summed E-state index contributed by atoms with van der Waals surface area (Å²) >= 11 is 1.34. The van der Waals surface area contributed by atoms with E-state index in [0.717, 1.165) is 17.5 Å². The topological polar surface area (TPSA) is 72.5 Å². The first kappa shape index (κ1) is 21.1. The van der Waals surface area contributed by atoms with Crippen LogP contribution in [0, 0.1) is 6.92 Å². The van der Waals surface area contributed by atoms with Gasteiger partial charge in [0.2, 0.25) is 11.7 Å². The van der Waals surface area contributed by atoms with Gasteiger partial charge in [0.25, 0.3) is 5.56 Å². The zero-order chi connectivity index (χ0) is 22.0. The second-order valence-electron chi connectivity index (χ2n) is 7.59. The molecule has 1 amide bonds. The van der Waals surface area contributed by atoms with E-state index in [0.29, 0.717) is 29.4 Å². The number of fused-ring (bicyclic) bond motifs is 3. The first-order valence-corrected chi connectivity index (χ1v) is 11.3. The number of hydrogen-bond acceptors (Lipinski definition) is 5. The van der Waals surface area contributed by atoms with Crippen molar-refractivity contribution in [3.63, 3.8) is 0 Å². The molecule has 0 fully saturated rings. The highest BCUT2D eigenvalue weighted by Gasteiger charge is 2.18. The Hall–Kier alpha value is -3.13. The molecule has 2 aromatic heterocycles. The van der Waals surface area contributed by atoms with Gasteiger partial charge in [-0.2, -0.15) is 0 Å². The Morgan fingerprint density at radius 2 is 1.84 bits per heavy atom. The van der Waals surface area contributed by atoms with E-state index < -0.39 is 0 Å². The van der Waals surface area contributed by atoms with E-state index >= 15 is 0 Å². The molecule has 0 aliphatic heterocycles. The van der Waals surface area contributed by atoms with Crippen LogP contribution in [0.25, 0.3) is 16.7 Å². The molecule has 0 saturated heterocycles. The molecule has 0 atom stereocenters. The molecule has 8 heteroatoms. The number of aromatic nitrogens is 4. The summed E-state index contributed by atoms with van der Waals surface area (Å²) in [6.07, 6.45) is 0.892. The number of nitrogens with zero attached hydrogens (tertiary/aromatic N) is 5. The molecule has 0 saturated carbocycles. The highest BCUT2D eigenvalue weighted by molar-refractivity contribution is 7.99. The van der Waals surface area contributed by atoms with Gasteiger partial charge in [-0.15, -0.1) is 10.2 Å². The van der Waals surface area contributed by atoms with Crippen LogP contribution >= 0.6 is 11.8 Å². The second-order valence-corrected chi connectivity index (χ2v) is 8.53. The summed E-state index contributed by atoms with van der Waals surface area (Å²) in [5.74, 6) is 0.770. The molecule has 2 aromatic carbocycles. The third-order valence-corrected chi connectivity index (χ3v) is 6.17. The summed E-state index contributed by atoms with van der Waals surface area (Å²) in [5.41, 5.74) is 2.94. The SMILES string of the molecule is CCCN(Cc1ccc(C)cc1)C(=O)CSc1nnc2n(C)c(=O)c3ccccc3n12. The van der Waals surface area contributed by atoms with Gasteiger partial charge in [-0.1, -0.05) is 60.6 Å². The van der Waals surface area contributed by atoms with Crippen LogP contribution in [0.5, 0.6) is 0 Å². The van der Waals surface area contributed by atoms with Gasteiger partial charge in [0, 0.05) is 20.1 Å². The van der Waals surface area contributed by atoms with Crippen LogP contribution in [0.3, 0.4) is 0 Å². The molecule has 0 bridgehead atoms. The highest BCUT2D eigenvalue weighted by Crippen LogP contribution is 2.22. The average Bonchev–Trinajstić information content (AvgIpc) is 3.21. The summed E-state index contributed by atoms with van der Waals surface area (Å²) in [5, 5.41) is 9.65. The number of hydrogen-bond donors (Lipinski definition) is 0. The minimum Gasteiger partial charge on any atom is -0.338 e. The van der Waals surface area contributed by atoms with Gasteiger partial charge < -0.3 is 4.90 Å². The Balaban J connectivity index is 1.58. The average molecular weight is 436 g/mol. The van der Waals surface area contributed by atoms with Crippen LogP contribution in [-0.4, -0.2) is 42.3 Å². The van der Waals surface area contributed by atoms with Crippen LogP contribution in [-0.2, 0) is 18.4 Å². The normalized spacial score (nSPS) is 11.3. The van der Waals surface area contributed by atoms with Crippen molar-refractivity contribution in [2.45, 2.75) is 32.0 Å². The predicted molar refractivity (Wildman–Crippen MR) is 123 cm³/mol. The van der Waals surface area contributed by atoms with E-state index in [1.54, 1.807) is 13.1 Å². The first-order valence-electron chi connectivity index (χ1n) is 10.3. The van der Waals surface area contributed by atoms with Gasteiger partial charge >= 0.3 is 0 Å². The number of para-hydroxylation sites is 1. The van der Waals surface area contributed by atoms with Crippen LogP contribution in [0.2, 0.25) is 0 Å². The van der Waals surface area contributed by atoms with E-state index in [-0.39, 0.29) is 17.2 Å². The van der Waals surface area contributed by atoms with Crippen molar-refractivity contribution < 1.29 is 4.79 Å². The van der Waals surface area contributed by atoms with Gasteiger partial charge in [-0.3, -0.25) is 18.6 Å². The van der Waals surface area contributed by atoms with Crippen molar-refractivity contribution in [3.05, 3.63) is 70.0 Å². The summed E-state index contributed by atoms with van der Waals surface area (Å²) in [7, 11) is 1.68. The Morgan fingerprint density at radius 3 is 2.58 bits per heavy atom. The third-order valence-electron chi connectivity index (χ3n) is 5.26. The molecule has 4 aromatic rings. The molecule has 4 rings (SSSR count). The fourth-order valence-electron chi connectivity index (χ4n) is 3.60. The fraction of sp³-hybridized carbons (Fsp3) is 0.304. The van der Waals surface area contributed by atoms with Crippen molar-refractivity contribution in [2.24, 2.45) is 7.05 Å². The quantitative estimate of drug-likeness (QED) is 0.416. The standard InChI is InChI=1S/C23H25N5O2S/c1-4-13-27(14-17-11-9-16(2)10-12-17)20(29)15-31-23-25-24-22-26(3)21(30)18-7-5-6-8-19(18)28(22)23/h5-12H,4,13-15H2,1-3H3. The number of rotatable bonds is 7. The number of thioether (sulfide) groups is 1. The van der Waals surface area contributed by atoms with Crippen LogP contribution in [0.15, 0.2) is 58.5 Å². The van der Waals surface area contributed by atoms with Gasteiger partial charge in [0.1, 0.15) is 0 Å². The number of carbonyl (C=O) groups excluding carboxylic acids is 1. The smallest absolute Gasteiger partial charge is 0.262 e. The van der Waals surface area contributed by atoms with Crippen molar-refractivity contribution >= 4 is 34.3 Å². The zero-order valence-electron chi connectivity index (χ0n) is 17.9. The number of carbonyl (C=O) groups is 1. The molecule has 2 heterocycles. The summed E-state index contributed by atoms with van der Waals surface area (Å²) < 4.78 is 3.33. The lowest BCUT2D eigenvalue weighted by Gasteiger charge is -2.22.